The highest BCUT2D eigenvalue weighted by Gasteiger charge is 2.40. The molecule has 6 nitrogen and oxygen atoms in total. The van der Waals surface area contributed by atoms with Crippen molar-refractivity contribution in [2.75, 3.05) is 19.7 Å². The average molecular weight is 403 g/mol. The predicted octanol–water partition coefficient (Wildman–Crippen LogP) is 3.32. The quantitative estimate of drug-likeness (QED) is 0.686. The zero-order valence-corrected chi connectivity index (χ0v) is 17.0. The molecule has 0 spiro atoms. The molecular weight excluding hydrogens is 378 g/mol. The summed E-state index contributed by atoms with van der Waals surface area (Å²) in [6.07, 6.45) is 2.07. The molecule has 2 N–H and O–H groups in total. The third-order valence-electron chi connectivity index (χ3n) is 6.14. The van der Waals surface area contributed by atoms with Crippen LogP contribution in [0.2, 0.25) is 0 Å². The van der Waals surface area contributed by atoms with Crippen molar-refractivity contribution in [3.63, 3.8) is 0 Å². The summed E-state index contributed by atoms with van der Waals surface area (Å²) in [5.74, 6) is -0.262. The number of rotatable bonds is 5. The Labute approximate surface area is 175 Å². The lowest BCUT2D eigenvalue weighted by molar-refractivity contribution is -0.122. The van der Waals surface area contributed by atoms with Gasteiger partial charge in [0, 0.05) is 40.9 Å². The molecule has 3 aromatic rings. The van der Waals surface area contributed by atoms with Crippen molar-refractivity contribution >= 4 is 22.7 Å². The molecule has 0 unspecified atom stereocenters. The topological polar surface area (TPSA) is 74.4 Å². The second-order valence-corrected chi connectivity index (χ2v) is 8.07. The summed E-state index contributed by atoms with van der Waals surface area (Å²) in [4.78, 5) is 31.1. The average Bonchev–Trinajstić information content (AvgIpc) is 3.45. The van der Waals surface area contributed by atoms with Gasteiger partial charge in [0.25, 0.3) is 5.91 Å². The van der Waals surface area contributed by atoms with Crippen molar-refractivity contribution in [2.24, 2.45) is 0 Å². The maximum atomic E-state index is 13.3. The molecule has 1 fully saturated rings. The zero-order valence-electron chi connectivity index (χ0n) is 17.0. The number of aryl methyl sites for hydroxylation is 1. The monoisotopic (exact) mass is 403 g/mol. The minimum absolute atomic E-state index is 0.0177. The molecule has 0 bridgehead atoms. The maximum Gasteiger partial charge on any atom is 0.255 e. The van der Waals surface area contributed by atoms with Gasteiger partial charge in [0.1, 0.15) is 6.54 Å². The van der Waals surface area contributed by atoms with Crippen molar-refractivity contribution in [1.82, 2.24) is 15.2 Å². The molecule has 6 heteroatoms. The summed E-state index contributed by atoms with van der Waals surface area (Å²) in [6, 6.07) is 15.5. The number of ether oxygens (including phenoxy) is 1. The lowest BCUT2D eigenvalue weighted by Crippen LogP contribution is -2.41. The van der Waals surface area contributed by atoms with Gasteiger partial charge in [-0.2, -0.15) is 0 Å². The molecule has 3 heterocycles. The molecule has 1 saturated heterocycles. The lowest BCUT2D eigenvalue weighted by Gasteiger charge is -2.26. The maximum absolute atomic E-state index is 13.3. The van der Waals surface area contributed by atoms with Crippen LogP contribution in [0.1, 0.15) is 46.1 Å². The normalized spacial score (nSPS) is 20.7. The van der Waals surface area contributed by atoms with E-state index < -0.39 is 0 Å². The number of carbonyl (C=O) groups excluding carboxylic acids is 2. The Morgan fingerprint density at radius 1 is 1.20 bits per heavy atom. The summed E-state index contributed by atoms with van der Waals surface area (Å²) >= 11 is 0. The Hall–Kier alpha value is -3.12. The highest BCUT2D eigenvalue weighted by atomic mass is 16.5. The summed E-state index contributed by atoms with van der Waals surface area (Å²) in [5, 5.41) is 4.03. The molecule has 2 aromatic carbocycles. The van der Waals surface area contributed by atoms with Crippen molar-refractivity contribution in [1.29, 1.82) is 0 Å². The van der Waals surface area contributed by atoms with E-state index in [1.807, 2.05) is 49.4 Å². The van der Waals surface area contributed by atoms with Gasteiger partial charge < -0.3 is 19.9 Å². The smallest absolute Gasteiger partial charge is 0.255 e. The zero-order chi connectivity index (χ0) is 20.7. The molecule has 2 aliphatic rings. The van der Waals surface area contributed by atoms with Crippen LogP contribution in [0.4, 0.5) is 0 Å². The number of aromatic nitrogens is 1. The molecule has 0 saturated carbocycles. The van der Waals surface area contributed by atoms with Gasteiger partial charge in [-0.15, -0.1) is 0 Å². The molecule has 0 aliphatic carbocycles. The van der Waals surface area contributed by atoms with E-state index in [1.54, 1.807) is 4.90 Å². The van der Waals surface area contributed by atoms with Crippen LogP contribution in [0.5, 0.6) is 0 Å². The van der Waals surface area contributed by atoms with Crippen LogP contribution in [-0.4, -0.2) is 47.5 Å². The number of para-hydroxylation sites is 1. The third kappa shape index (κ3) is 3.17. The van der Waals surface area contributed by atoms with E-state index in [0.29, 0.717) is 12.1 Å². The van der Waals surface area contributed by atoms with E-state index in [1.165, 1.54) is 0 Å². The van der Waals surface area contributed by atoms with E-state index in [-0.39, 0.29) is 30.5 Å². The first kappa shape index (κ1) is 18.9. The van der Waals surface area contributed by atoms with Gasteiger partial charge in [-0.1, -0.05) is 36.4 Å². The Morgan fingerprint density at radius 3 is 2.83 bits per heavy atom. The second kappa shape index (κ2) is 7.61. The van der Waals surface area contributed by atoms with E-state index in [4.69, 9.17) is 4.74 Å². The van der Waals surface area contributed by atoms with Crippen LogP contribution in [-0.2, 0) is 9.53 Å². The molecule has 154 valence electrons. The first-order valence-corrected chi connectivity index (χ1v) is 10.5. The first-order valence-electron chi connectivity index (χ1n) is 10.5. The third-order valence-corrected chi connectivity index (χ3v) is 6.14. The lowest BCUT2D eigenvalue weighted by atomic mass is 9.95. The van der Waals surface area contributed by atoms with Gasteiger partial charge in [0.05, 0.1) is 12.1 Å². The SMILES string of the molecule is Cc1[nH]c2ccccc2c1[C@@H]1c2ccccc2C(=O)N1CC(=O)NC[C@@H]1CCCO1. The number of hydrogen-bond acceptors (Lipinski definition) is 3. The summed E-state index contributed by atoms with van der Waals surface area (Å²) in [5.41, 5.74) is 4.71. The molecule has 2 atom stereocenters. The van der Waals surface area contributed by atoms with Crippen LogP contribution in [0.25, 0.3) is 10.9 Å². The molecule has 2 amide bonds. The van der Waals surface area contributed by atoms with Crippen LogP contribution >= 0.6 is 0 Å². The van der Waals surface area contributed by atoms with Gasteiger partial charge >= 0.3 is 0 Å². The van der Waals surface area contributed by atoms with Crippen LogP contribution in [0, 0.1) is 6.92 Å². The largest absolute Gasteiger partial charge is 0.376 e. The summed E-state index contributed by atoms with van der Waals surface area (Å²) < 4.78 is 5.59. The molecular formula is C24H25N3O3. The van der Waals surface area contributed by atoms with Crippen molar-refractivity contribution < 1.29 is 14.3 Å². The van der Waals surface area contributed by atoms with E-state index in [9.17, 15) is 9.59 Å². The number of nitrogens with zero attached hydrogens (tertiary/aromatic N) is 1. The van der Waals surface area contributed by atoms with Gasteiger partial charge in [0.2, 0.25) is 5.91 Å². The van der Waals surface area contributed by atoms with Crippen LogP contribution in [0.3, 0.4) is 0 Å². The minimum Gasteiger partial charge on any atom is -0.376 e. The highest BCUT2D eigenvalue weighted by molar-refractivity contribution is 6.02. The molecule has 1 aromatic heterocycles. The molecule has 2 aliphatic heterocycles. The highest BCUT2D eigenvalue weighted by Crippen LogP contribution is 2.42. The minimum atomic E-state index is -0.293. The molecule has 5 rings (SSSR count). The van der Waals surface area contributed by atoms with Gasteiger partial charge in [0.15, 0.2) is 0 Å². The van der Waals surface area contributed by atoms with Gasteiger partial charge in [-0.25, -0.2) is 0 Å². The molecule has 0 radical (unpaired) electrons. The van der Waals surface area contributed by atoms with E-state index in [0.717, 1.165) is 47.2 Å². The Bertz CT molecular complexity index is 1110. The van der Waals surface area contributed by atoms with Gasteiger partial charge in [-0.3, -0.25) is 9.59 Å². The Balaban J connectivity index is 1.48. The van der Waals surface area contributed by atoms with Crippen molar-refractivity contribution in [3.8, 4) is 0 Å². The number of carbonyl (C=O) groups is 2. The van der Waals surface area contributed by atoms with Crippen LogP contribution in [0.15, 0.2) is 48.5 Å². The number of benzene rings is 2. The summed E-state index contributed by atoms with van der Waals surface area (Å²) in [7, 11) is 0. The molecule has 30 heavy (non-hydrogen) atoms. The van der Waals surface area contributed by atoms with E-state index >= 15 is 0 Å². The Morgan fingerprint density at radius 2 is 2.00 bits per heavy atom. The number of amides is 2. The first-order chi connectivity index (χ1) is 14.6. The number of H-pyrrole nitrogens is 1. The fourth-order valence-corrected chi connectivity index (χ4v) is 4.74. The fraction of sp³-hybridized carbons (Fsp3) is 0.333. The Kier molecular flexibility index (Phi) is 4.79. The number of aromatic amines is 1. The van der Waals surface area contributed by atoms with E-state index in [2.05, 4.69) is 16.4 Å². The van der Waals surface area contributed by atoms with Crippen molar-refractivity contribution in [2.45, 2.75) is 31.9 Å². The number of nitrogens with one attached hydrogen (secondary N) is 2. The van der Waals surface area contributed by atoms with Gasteiger partial charge in [-0.05, 0) is 37.5 Å². The van der Waals surface area contributed by atoms with Crippen LogP contribution < -0.4 is 5.32 Å². The second-order valence-electron chi connectivity index (χ2n) is 8.07. The summed E-state index contributed by atoms with van der Waals surface area (Å²) in [6.45, 7) is 3.28. The van der Waals surface area contributed by atoms with Crippen molar-refractivity contribution in [3.05, 3.63) is 70.9 Å². The predicted molar refractivity (Wildman–Crippen MR) is 114 cm³/mol. The number of fused-ring (bicyclic) bond motifs is 2. The fourth-order valence-electron chi connectivity index (χ4n) is 4.74. The number of hydrogen-bond donors (Lipinski definition) is 2. The standard InChI is InChI=1S/C24H25N3O3/c1-15-22(19-10-4-5-11-20(19)26-15)23-17-8-2-3-9-18(17)24(29)27(23)14-21(28)25-13-16-7-6-12-30-16/h2-5,8-11,16,23,26H,6-7,12-14H2,1H3,(H,25,28)/t16-,23-/m0/s1.